The second-order valence-corrected chi connectivity index (χ2v) is 11.4. The van der Waals surface area contributed by atoms with Crippen molar-refractivity contribution in [3.8, 4) is 0 Å². The summed E-state index contributed by atoms with van der Waals surface area (Å²) in [6.45, 7) is 9.55. The van der Waals surface area contributed by atoms with Gasteiger partial charge in [0, 0.05) is 0 Å². The molecule has 0 aromatic rings. The van der Waals surface area contributed by atoms with Gasteiger partial charge in [-0.25, -0.2) is 0 Å². The molecule has 0 spiro atoms. The molecule has 0 aromatic carbocycles. The third-order valence-corrected chi connectivity index (χ3v) is 7.73. The molecule has 0 radical (unpaired) electrons. The van der Waals surface area contributed by atoms with Gasteiger partial charge in [-0.2, -0.15) is 0 Å². The van der Waals surface area contributed by atoms with Gasteiger partial charge in [0.2, 0.25) is 0 Å². The summed E-state index contributed by atoms with van der Waals surface area (Å²) >= 11 is 0. The van der Waals surface area contributed by atoms with Crippen molar-refractivity contribution in [1.82, 2.24) is 0 Å². The average molecular weight is 451 g/mol. The van der Waals surface area contributed by atoms with Crippen LogP contribution in [0.5, 0.6) is 0 Å². The number of rotatable bonds is 27. The van der Waals surface area contributed by atoms with Crippen molar-refractivity contribution >= 4 is 0 Å². The van der Waals surface area contributed by atoms with E-state index in [-0.39, 0.29) is 0 Å². The third kappa shape index (κ3) is 26.3. The number of hydrogen-bond acceptors (Lipinski definition) is 0. The van der Waals surface area contributed by atoms with Crippen LogP contribution in [0.25, 0.3) is 0 Å². The quantitative estimate of drug-likeness (QED) is 0.109. The first-order chi connectivity index (χ1) is 15.7. The Morgan fingerprint density at radius 3 is 0.812 bits per heavy atom. The minimum Gasteiger partial charge on any atom is -0.0654 e. The van der Waals surface area contributed by atoms with Crippen LogP contribution in [0, 0.1) is 11.8 Å². The minimum atomic E-state index is 0.961. The summed E-state index contributed by atoms with van der Waals surface area (Å²) in [5.74, 6) is 1.93. The summed E-state index contributed by atoms with van der Waals surface area (Å²) in [6.07, 6.45) is 38.2. The van der Waals surface area contributed by atoms with Crippen LogP contribution in [0.3, 0.4) is 0 Å². The largest absolute Gasteiger partial charge is 0.0654 e. The summed E-state index contributed by atoms with van der Waals surface area (Å²) in [6, 6.07) is 0. The zero-order chi connectivity index (χ0) is 23.5. The zero-order valence-corrected chi connectivity index (χ0v) is 23.5. The normalized spacial score (nSPS) is 13.5. The molecule has 0 heteroatoms. The van der Waals surface area contributed by atoms with Crippen LogP contribution >= 0.6 is 0 Å². The first-order valence-corrected chi connectivity index (χ1v) is 15.7. The Hall–Kier alpha value is 0. The van der Waals surface area contributed by atoms with Gasteiger partial charge in [0.25, 0.3) is 0 Å². The molecule has 0 nitrogen and oxygen atoms in total. The Labute approximate surface area is 206 Å². The Kier molecular flexibility index (Phi) is 27.2. The third-order valence-electron chi connectivity index (χ3n) is 7.73. The first-order valence-electron chi connectivity index (χ1n) is 15.7. The highest BCUT2D eigenvalue weighted by molar-refractivity contribution is 4.57. The lowest BCUT2D eigenvalue weighted by atomic mass is 9.95. The fraction of sp³-hybridized carbons (Fsp3) is 1.00. The van der Waals surface area contributed by atoms with Gasteiger partial charge in [-0.3, -0.25) is 0 Å². The van der Waals surface area contributed by atoms with Gasteiger partial charge >= 0.3 is 0 Å². The van der Waals surface area contributed by atoms with E-state index >= 15 is 0 Å². The highest BCUT2D eigenvalue weighted by Gasteiger charge is 2.03. The molecular formula is C32H66. The monoisotopic (exact) mass is 451 g/mol. The topological polar surface area (TPSA) is 0 Å². The highest BCUT2D eigenvalue weighted by atomic mass is 14.1. The molecule has 0 fully saturated rings. The van der Waals surface area contributed by atoms with Crippen molar-refractivity contribution in [3.63, 3.8) is 0 Å². The molecule has 0 saturated carbocycles. The van der Waals surface area contributed by atoms with E-state index in [0.717, 1.165) is 11.8 Å². The summed E-state index contributed by atoms with van der Waals surface area (Å²) in [5, 5.41) is 0. The molecule has 0 aliphatic carbocycles. The van der Waals surface area contributed by atoms with Crippen LogP contribution in [-0.2, 0) is 0 Å². The van der Waals surface area contributed by atoms with E-state index < -0.39 is 0 Å². The van der Waals surface area contributed by atoms with Gasteiger partial charge in [0.05, 0.1) is 0 Å². The standard InChI is InChI=1S/C32H66/c1-5-7-8-9-10-11-15-19-22-25-29-32(4)30-26-23-20-17-14-12-13-16-18-21-24-28-31(3)27-6-2/h31-32H,5-30H2,1-4H3. The van der Waals surface area contributed by atoms with Gasteiger partial charge in [-0.1, -0.05) is 195 Å². The molecule has 32 heavy (non-hydrogen) atoms. The maximum Gasteiger partial charge on any atom is -0.0443 e. The molecular weight excluding hydrogens is 384 g/mol. The molecule has 0 aromatic heterocycles. The maximum atomic E-state index is 2.50. The van der Waals surface area contributed by atoms with E-state index in [9.17, 15) is 0 Å². The fourth-order valence-electron chi connectivity index (χ4n) is 5.34. The van der Waals surface area contributed by atoms with Crippen molar-refractivity contribution in [3.05, 3.63) is 0 Å². The van der Waals surface area contributed by atoms with Gasteiger partial charge in [0.1, 0.15) is 0 Å². The van der Waals surface area contributed by atoms with E-state index in [4.69, 9.17) is 0 Å². The molecule has 0 amide bonds. The van der Waals surface area contributed by atoms with Crippen LogP contribution in [0.2, 0.25) is 0 Å². The molecule has 194 valence electrons. The SMILES string of the molecule is CCCCCCCCCCCCC(C)CCCCCCCCCCCCCC(C)CCC. The van der Waals surface area contributed by atoms with Crippen molar-refractivity contribution in [1.29, 1.82) is 0 Å². The molecule has 0 N–H and O–H groups in total. The fourth-order valence-corrected chi connectivity index (χ4v) is 5.34. The smallest absolute Gasteiger partial charge is 0.0443 e. The van der Waals surface area contributed by atoms with E-state index in [0.29, 0.717) is 0 Å². The number of hydrogen-bond donors (Lipinski definition) is 0. The molecule has 0 heterocycles. The van der Waals surface area contributed by atoms with Crippen molar-refractivity contribution in [2.24, 2.45) is 11.8 Å². The maximum absolute atomic E-state index is 2.50. The Morgan fingerprint density at radius 1 is 0.281 bits per heavy atom. The summed E-state index contributed by atoms with van der Waals surface area (Å²) < 4.78 is 0. The van der Waals surface area contributed by atoms with E-state index in [1.165, 1.54) is 167 Å². The lowest BCUT2D eigenvalue weighted by Crippen LogP contribution is -1.95. The second-order valence-electron chi connectivity index (χ2n) is 11.4. The van der Waals surface area contributed by atoms with Crippen LogP contribution in [0.1, 0.15) is 195 Å². The second kappa shape index (κ2) is 27.2. The van der Waals surface area contributed by atoms with Crippen molar-refractivity contribution < 1.29 is 0 Å². The summed E-state index contributed by atoms with van der Waals surface area (Å²) in [7, 11) is 0. The van der Waals surface area contributed by atoms with Gasteiger partial charge in [-0.05, 0) is 11.8 Å². The van der Waals surface area contributed by atoms with Gasteiger partial charge in [0.15, 0.2) is 0 Å². The lowest BCUT2D eigenvalue weighted by Gasteiger charge is -2.11. The lowest BCUT2D eigenvalue weighted by molar-refractivity contribution is 0.429. The molecule has 2 atom stereocenters. The average Bonchev–Trinajstić information content (AvgIpc) is 2.78. The van der Waals surface area contributed by atoms with E-state index in [1.54, 1.807) is 0 Å². The molecule has 0 bridgehead atoms. The zero-order valence-electron chi connectivity index (χ0n) is 23.5. The predicted octanol–water partition coefficient (Wildman–Crippen LogP) is 12.4. The molecule has 0 aliphatic rings. The van der Waals surface area contributed by atoms with Gasteiger partial charge in [-0.15, -0.1) is 0 Å². The Morgan fingerprint density at radius 2 is 0.531 bits per heavy atom. The molecule has 2 unspecified atom stereocenters. The van der Waals surface area contributed by atoms with Crippen molar-refractivity contribution in [2.45, 2.75) is 195 Å². The Balaban J connectivity index is 3.16. The Bertz CT molecular complexity index is 320. The van der Waals surface area contributed by atoms with E-state index in [1.807, 2.05) is 0 Å². The summed E-state index contributed by atoms with van der Waals surface area (Å²) in [5.41, 5.74) is 0. The predicted molar refractivity (Wildman–Crippen MR) is 150 cm³/mol. The highest BCUT2D eigenvalue weighted by Crippen LogP contribution is 2.20. The van der Waals surface area contributed by atoms with E-state index in [2.05, 4.69) is 27.7 Å². The van der Waals surface area contributed by atoms with Crippen molar-refractivity contribution in [2.75, 3.05) is 0 Å². The van der Waals surface area contributed by atoms with Gasteiger partial charge < -0.3 is 0 Å². The van der Waals surface area contributed by atoms with Crippen LogP contribution in [0.15, 0.2) is 0 Å². The molecule has 0 rings (SSSR count). The molecule has 0 aliphatic heterocycles. The first kappa shape index (κ1) is 32.0. The molecule has 0 saturated heterocycles. The summed E-state index contributed by atoms with van der Waals surface area (Å²) in [4.78, 5) is 0. The van der Waals surface area contributed by atoms with Crippen LogP contribution in [0.4, 0.5) is 0 Å². The minimum absolute atomic E-state index is 0.961. The van der Waals surface area contributed by atoms with Crippen LogP contribution in [-0.4, -0.2) is 0 Å². The number of unbranched alkanes of at least 4 members (excludes halogenated alkanes) is 19. The van der Waals surface area contributed by atoms with Crippen LogP contribution < -0.4 is 0 Å².